The van der Waals surface area contributed by atoms with Crippen molar-refractivity contribution < 1.29 is 4.79 Å². The third kappa shape index (κ3) is 4.83. The number of imidazole rings is 1. The van der Waals surface area contributed by atoms with Crippen molar-refractivity contribution >= 4 is 40.7 Å². The third-order valence-corrected chi connectivity index (χ3v) is 6.67. The lowest BCUT2D eigenvalue weighted by Crippen LogP contribution is -2.37. The number of nitrogens with one attached hydrogen (secondary N) is 1. The predicted octanol–water partition coefficient (Wildman–Crippen LogP) is 7.82. The van der Waals surface area contributed by atoms with Gasteiger partial charge in [-0.05, 0) is 57.0 Å². The molecule has 7 heteroatoms. The van der Waals surface area contributed by atoms with Crippen LogP contribution in [0.3, 0.4) is 0 Å². The van der Waals surface area contributed by atoms with Crippen molar-refractivity contribution in [1.29, 1.82) is 0 Å². The van der Waals surface area contributed by atoms with E-state index < -0.39 is 0 Å². The maximum atomic E-state index is 13.4. The molecule has 4 nitrogen and oxygen atoms in total. The summed E-state index contributed by atoms with van der Waals surface area (Å²) in [4.78, 5) is 18.2. The van der Waals surface area contributed by atoms with Crippen molar-refractivity contribution in [2.75, 3.05) is 0 Å². The molecule has 0 spiro atoms. The van der Waals surface area contributed by atoms with E-state index in [9.17, 15) is 4.79 Å². The Labute approximate surface area is 203 Å². The molecule has 168 valence electrons. The average molecular weight is 491 g/mol. The van der Waals surface area contributed by atoms with Gasteiger partial charge >= 0.3 is 0 Å². The standard InChI is InChI=1S/C25H26Cl3N3O/c1-15(2)31-23(16-8-10-17(26)11-9-16)22(20-13-12-18(27)14-21(20)28)30-24(31)25(32)29-19-6-4-3-5-7-19/h8-15,19H,3-7H2,1-2H3,(H,29,32). The van der Waals surface area contributed by atoms with Gasteiger partial charge in [-0.2, -0.15) is 0 Å². The summed E-state index contributed by atoms with van der Waals surface area (Å²) < 4.78 is 1.99. The molecular weight excluding hydrogens is 465 g/mol. The maximum Gasteiger partial charge on any atom is 0.287 e. The van der Waals surface area contributed by atoms with E-state index in [1.165, 1.54) is 6.42 Å². The smallest absolute Gasteiger partial charge is 0.287 e. The largest absolute Gasteiger partial charge is 0.347 e. The molecule has 1 N–H and O–H groups in total. The van der Waals surface area contributed by atoms with Gasteiger partial charge in [-0.1, -0.05) is 66.2 Å². The number of halogens is 3. The number of aromatic nitrogens is 2. The highest BCUT2D eigenvalue weighted by atomic mass is 35.5. The summed E-state index contributed by atoms with van der Waals surface area (Å²) in [7, 11) is 0. The van der Waals surface area contributed by atoms with Crippen LogP contribution in [0, 0.1) is 0 Å². The van der Waals surface area contributed by atoms with Gasteiger partial charge in [-0.3, -0.25) is 4.79 Å². The molecular formula is C25H26Cl3N3O. The molecule has 2 aromatic carbocycles. The molecule has 0 atom stereocenters. The van der Waals surface area contributed by atoms with E-state index in [0.717, 1.165) is 42.5 Å². The number of hydrogen-bond acceptors (Lipinski definition) is 2. The molecule has 0 bridgehead atoms. The zero-order valence-electron chi connectivity index (χ0n) is 18.2. The van der Waals surface area contributed by atoms with Gasteiger partial charge in [0.2, 0.25) is 0 Å². The van der Waals surface area contributed by atoms with Crippen LogP contribution in [0.1, 0.15) is 62.6 Å². The van der Waals surface area contributed by atoms with Crippen LogP contribution in [-0.2, 0) is 0 Å². The number of nitrogens with zero attached hydrogens (tertiary/aromatic N) is 2. The summed E-state index contributed by atoms with van der Waals surface area (Å²) >= 11 is 18.8. The number of carbonyl (C=O) groups is 1. The van der Waals surface area contributed by atoms with Crippen molar-refractivity contribution in [3.63, 3.8) is 0 Å². The Balaban J connectivity index is 1.88. The minimum absolute atomic E-state index is 0.000101. The van der Waals surface area contributed by atoms with Gasteiger partial charge in [0.05, 0.1) is 16.4 Å². The molecule has 0 saturated heterocycles. The lowest BCUT2D eigenvalue weighted by molar-refractivity contribution is 0.0911. The first kappa shape index (κ1) is 23.2. The van der Waals surface area contributed by atoms with Crippen molar-refractivity contribution in [3.8, 4) is 22.5 Å². The van der Waals surface area contributed by atoms with E-state index in [0.29, 0.717) is 26.6 Å². The summed E-state index contributed by atoms with van der Waals surface area (Å²) in [5.41, 5.74) is 3.12. The first-order valence-corrected chi connectivity index (χ1v) is 12.1. The van der Waals surface area contributed by atoms with Gasteiger partial charge in [0, 0.05) is 33.3 Å². The van der Waals surface area contributed by atoms with Gasteiger partial charge in [-0.25, -0.2) is 4.98 Å². The molecule has 0 unspecified atom stereocenters. The van der Waals surface area contributed by atoms with E-state index in [4.69, 9.17) is 39.8 Å². The monoisotopic (exact) mass is 489 g/mol. The molecule has 0 aliphatic heterocycles. The Kier molecular flexibility index (Phi) is 7.14. The highest BCUT2D eigenvalue weighted by molar-refractivity contribution is 6.36. The van der Waals surface area contributed by atoms with Gasteiger partial charge in [0.15, 0.2) is 5.82 Å². The number of carbonyl (C=O) groups excluding carboxylic acids is 1. The van der Waals surface area contributed by atoms with Crippen LogP contribution in [0.5, 0.6) is 0 Å². The average Bonchev–Trinajstić information content (AvgIpc) is 3.16. The zero-order chi connectivity index (χ0) is 22.8. The van der Waals surface area contributed by atoms with Crippen molar-refractivity contribution in [2.45, 2.75) is 58.0 Å². The summed E-state index contributed by atoms with van der Waals surface area (Å²) in [6, 6.07) is 13.1. The Morgan fingerprint density at radius 3 is 2.28 bits per heavy atom. The summed E-state index contributed by atoms with van der Waals surface area (Å²) in [5.74, 6) is 0.230. The molecule has 1 amide bonds. The lowest BCUT2D eigenvalue weighted by Gasteiger charge is -2.23. The fraction of sp³-hybridized carbons (Fsp3) is 0.360. The molecule has 3 aromatic rings. The number of amides is 1. The third-order valence-electron chi connectivity index (χ3n) is 5.87. The molecule has 1 aliphatic carbocycles. The van der Waals surface area contributed by atoms with E-state index in [2.05, 4.69) is 5.32 Å². The molecule has 1 heterocycles. The van der Waals surface area contributed by atoms with Gasteiger partial charge in [0.1, 0.15) is 0 Å². The second-order valence-corrected chi connectivity index (χ2v) is 9.82. The van der Waals surface area contributed by atoms with E-state index in [1.807, 2.05) is 48.7 Å². The highest BCUT2D eigenvalue weighted by Crippen LogP contribution is 2.39. The van der Waals surface area contributed by atoms with Crippen LogP contribution in [0.25, 0.3) is 22.5 Å². The van der Waals surface area contributed by atoms with E-state index >= 15 is 0 Å². The minimum Gasteiger partial charge on any atom is -0.347 e. The van der Waals surface area contributed by atoms with E-state index in [-0.39, 0.29) is 18.0 Å². The molecule has 1 saturated carbocycles. The van der Waals surface area contributed by atoms with E-state index in [1.54, 1.807) is 12.1 Å². The molecule has 4 rings (SSSR count). The first-order valence-electron chi connectivity index (χ1n) is 11.0. The quantitative estimate of drug-likeness (QED) is 0.396. The van der Waals surface area contributed by atoms with Crippen LogP contribution < -0.4 is 5.32 Å². The summed E-state index contributed by atoms with van der Waals surface area (Å²) in [5, 5.41) is 4.89. The normalized spacial score (nSPS) is 14.7. The van der Waals surface area contributed by atoms with Gasteiger partial charge in [0.25, 0.3) is 5.91 Å². The number of rotatable bonds is 5. The van der Waals surface area contributed by atoms with Crippen LogP contribution in [0.4, 0.5) is 0 Å². The van der Waals surface area contributed by atoms with Crippen LogP contribution in [0.15, 0.2) is 42.5 Å². The Bertz CT molecular complexity index is 1120. The van der Waals surface area contributed by atoms with Crippen molar-refractivity contribution in [3.05, 3.63) is 63.4 Å². The zero-order valence-corrected chi connectivity index (χ0v) is 20.4. The second kappa shape index (κ2) is 9.86. The minimum atomic E-state index is -0.155. The maximum absolute atomic E-state index is 13.4. The number of hydrogen-bond donors (Lipinski definition) is 1. The Hall–Kier alpha value is -2.01. The lowest BCUT2D eigenvalue weighted by atomic mass is 9.95. The van der Waals surface area contributed by atoms with Gasteiger partial charge < -0.3 is 9.88 Å². The van der Waals surface area contributed by atoms with Crippen molar-refractivity contribution in [2.24, 2.45) is 0 Å². The predicted molar refractivity (Wildman–Crippen MR) is 133 cm³/mol. The first-order chi connectivity index (χ1) is 15.3. The van der Waals surface area contributed by atoms with Crippen LogP contribution >= 0.6 is 34.8 Å². The van der Waals surface area contributed by atoms with Gasteiger partial charge in [-0.15, -0.1) is 0 Å². The molecule has 1 aromatic heterocycles. The van der Waals surface area contributed by atoms with Crippen molar-refractivity contribution in [1.82, 2.24) is 14.9 Å². The Morgan fingerprint density at radius 1 is 1.00 bits per heavy atom. The molecule has 32 heavy (non-hydrogen) atoms. The molecule has 1 aliphatic rings. The highest BCUT2D eigenvalue weighted by Gasteiger charge is 2.28. The molecule has 0 radical (unpaired) electrons. The summed E-state index contributed by atoms with van der Waals surface area (Å²) in [6.45, 7) is 4.09. The Morgan fingerprint density at radius 2 is 1.66 bits per heavy atom. The van der Waals surface area contributed by atoms with Crippen LogP contribution in [-0.4, -0.2) is 21.5 Å². The van der Waals surface area contributed by atoms with Crippen LogP contribution in [0.2, 0.25) is 15.1 Å². The fourth-order valence-corrected chi connectivity index (χ4v) is 4.97. The fourth-order valence-electron chi connectivity index (χ4n) is 4.35. The SMILES string of the molecule is CC(C)n1c(C(=O)NC2CCCCC2)nc(-c2ccc(Cl)cc2Cl)c1-c1ccc(Cl)cc1. The summed E-state index contributed by atoms with van der Waals surface area (Å²) in [6.07, 6.45) is 5.53. The second-order valence-electron chi connectivity index (χ2n) is 8.54. The molecule has 1 fully saturated rings. The number of benzene rings is 2. The topological polar surface area (TPSA) is 46.9 Å².